The van der Waals surface area contributed by atoms with E-state index < -0.39 is 0 Å². The Morgan fingerprint density at radius 3 is 2.52 bits per heavy atom. The van der Waals surface area contributed by atoms with Crippen LogP contribution >= 0.6 is 34.2 Å². The van der Waals surface area contributed by atoms with Crippen LogP contribution in [0.4, 0.5) is 5.69 Å². The summed E-state index contributed by atoms with van der Waals surface area (Å²) in [6.07, 6.45) is 0.844. The first-order chi connectivity index (χ1) is 11.0. The van der Waals surface area contributed by atoms with Gasteiger partial charge in [-0.3, -0.25) is 9.59 Å². The van der Waals surface area contributed by atoms with Gasteiger partial charge in [0.2, 0.25) is 0 Å². The molecule has 0 atom stereocenters. The molecule has 120 valence electrons. The van der Waals surface area contributed by atoms with Gasteiger partial charge in [0.15, 0.2) is 0 Å². The second kappa shape index (κ2) is 8.31. The first-order valence-electron chi connectivity index (χ1n) is 7.16. The van der Waals surface area contributed by atoms with Crippen LogP contribution in [0.3, 0.4) is 0 Å². The predicted octanol–water partition coefficient (Wildman–Crippen LogP) is 4.34. The zero-order chi connectivity index (χ0) is 16.8. The standard InChI is InChI=1S/C17H16ClIN2O2/c1-2-9-20-16(22)13-10-11(19)7-8-15(13)21-17(23)12-5-3-4-6-14(12)18/h3-8,10H,2,9H2,1H3,(H,20,22)(H,21,23). The highest BCUT2D eigenvalue weighted by atomic mass is 127. The Morgan fingerprint density at radius 2 is 1.83 bits per heavy atom. The topological polar surface area (TPSA) is 58.2 Å². The molecule has 2 N–H and O–H groups in total. The van der Waals surface area contributed by atoms with Crippen molar-refractivity contribution >= 4 is 51.7 Å². The Balaban J connectivity index is 2.27. The summed E-state index contributed by atoms with van der Waals surface area (Å²) >= 11 is 8.17. The number of anilines is 1. The molecule has 0 bridgehead atoms. The van der Waals surface area contributed by atoms with Crippen molar-refractivity contribution in [3.05, 3.63) is 62.2 Å². The highest BCUT2D eigenvalue weighted by molar-refractivity contribution is 14.1. The summed E-state index contributed by atoms with van der Waals surface area (Å²) < 4.78 is 0.917. The van der Waals surface area contributed by atoms with E-state index >= 15 is 0 Å². The second-order valence-electron chi connectivity index (χ2n) is 4.88. The quantitative estimate of drug-likeness (QED) is 0.677. The second-order valence-corrected chi connectivity index (χ2v) is 6.53. The zero-order valence-electron chi connectivity index (χ0n) is 12.5. The minimum absolute atomic E-state index is 0.208. The van der Waals surface area contributed by atoms with Crippen LogP contribution in [-0.4, -0.2) is 18.4 Å². The fourth-order valence-corrected chi connectivity index (χ4v) is 2.69. The number of rotatable bonds is 5. The number of nitrogens with one attached hydrogen (secondary N) is 2. The monoisotopic (exact) mass is 442 g/mol. The number of benzene rings is 2. The minimum atomic E-state index is -0.346. The van der Waals surface area contributed by atoms with E-state index in [2.05, 4.69) is 33.2 Å². The molecule has 0 saturated heterocycles. The van der Waals surface area contributed by atoms with Crippen molar-refractivity contribution in [1.82, 2.24) is 5.32 Å². The van der Waals surface area contributed by atoms with Gasteiger partial charge in [0, 0.05) is 10.1 Å². The highest BCUT2D eigenvalue weighted by Gasteiger charge is 2.16. The molecule has 0 spiro atoms. The molecule has 2 rings (SSSR count). The minimum Gasteiger partial charge on any atom is -0.352 e. The van der Waals surface area contributed by atoms with E-state index in [1.165, 1.54) is 0 Å². The van der Waals surface area contributed by atoms with E-state index in [0.29, 0.717) is 28.4 Å². The molecule has 23 heavy (non-hydrogen) atoms. The summed E-state index contributed by atoms with van der Waals surface area (Å²) in [5.41, 5.74) is 1.27. The Hall–Kier alpha value is -1.60. The number of hydrogen-bond donors (Lipinski definition) is 2. The maximum Gasteiger partial charge on any atom is 0.257 e. The first kappa shape index (κ1) is 17.7. The van der Waals surface area contributed by atoms with Crippen LogP contribution in [0.25, 0.3) is 0 Å². The first-order valence-corrected chi connectivity index (χ1v) is 8.62. The molecule has 2 amide bonds. The third-order valence-corrected chi connectivity index (χ3v) is 4.13. The number of amides is 2. The van der Waals surface area contributed by atoms with Crippen molar-refractivity contribution < 1.29 is 9.59 Å². The number of carbonyl (C=O) groups excluding carboxylic acids is 2. The van der Waals surface area contributed by atoms with Crippen LogP contribution < -0.4 is 10.6 Å². The summed E-state index contributed by atoms with van der Waals surface area (Å²) in [6.45, 7) is 2.57. The molecule has 0 aliphatic carbocycles. The fourth-order valence-electron chi connectivity index (χ4n) is 1.98. The van der Waals surface area contributed by atoms with Crippen molar-refractivity contribution in [1.29, 1.82) is 0 Å². The summed E-state index contributed by atoms with van der Waals surface area (Å²) in [6, 6.07) is 12.1. The van der Waals surface area contributed by atoms with Gasteiger partial charge in [-0.25, -0.2) is 0 Å². The predicted molar refractivity (Wildman–Crippen MR) is 101 cm³/mol. The van der Waals surface area contributed by atoms with Gasteiger partial charge in [0.1, 0.15) is 0 Å². The van der Waals surface area contributed by atoms with Crippen LogP contribution in [0.5, 0.6) is 0 Å². The smallest absolute Gasteiger partial charge is 0.257 e. The molecular formula is C17H16ClIN2O2. The van der Waals surface area contributed by atoms with Crippen LogP contribution in [0, 0.1) is 3.57 Å². The van der Waals surface area contributed by atoms with Crippen LogP contribution in [-0.2, 0) is 0 Å². The maximum atomic E-state index is 12.4. The molecule has 0 radical (unpaired) electrons. The third-order valence-electron chi connectivity index (χ3n) is 3.13. The van der Waals surface area contributed by atoms with Crippen LogP contribution in [0.1, 0.15) is 34.1 Å². The van der Waals surface area contributed by atoms with Gasteiger partial charge in [-0.1, -0.05) is 30.7 Å². The van der Waals surface area contributed by atoms with Gasteiger partial charge in [0.25, 0.3) is 11.8 Å². The Kier molecular flexibility index (Phi) is 6.41. The van der Waals surface area contributed by atoms with Crippen molar-refractivity contribution in [2.45, 2.75) is 13.3 Å². The van der Waals surface area contributed by atoms with Crippen molar-refractivity contribution in [2.24, 2.45) is 0 Å². The normalized spacial score (nSPS) is 10.2. The SMILES string of the molecule is CCCNC(=O)c1cc(I)ccc1NC(=O)c1ccccc1Cl. The van der Waals surface area contributed by atoms with Crippen LogP contribution in [0.2, 0.25) is 5.02 Å². The van der Waals surface area contributed by atoms with E-state index in [0.717, 1.165) is 9.99 Å². The van der Waals surface area contributed by atoms with Crippen molar-refractivity contribution in [2.75, 3.05) is 11.9 Å². The average Bonchev–Trinajstić information content (AvgIpc) is 2.54. The van der Waals surface area contributed by atoms with Gasteiger partial charge in [-0.15, -0.1) is 0 Å². The van der Waals surface area contributed by atoms with E-state index in [4.69, 9.17) is 11.6 Å². The maximum absolute atomic E-state index is 12.4. The molecule has 0 aliphatic heterocycles. The lowest BCUT2D eigenvalue weighted by Gasteiger charge is -2.12. The van der Waals surface area contributed by atoms with Crippen molar-refractivity contribution in [3.63, 3.8) is 0 Å². The summed E-state index contributed by atoms with van der Waals surface area (Å²) in [4.78, 5) is 24.6. The third kappa shape index (κ3) is 4.68. The molecular weight excluding hydrogens is 427 g/mol. The Morgan fingerprint density at radius 1 is 1.09 bits per heavy atom. The Bertz CT molecular complexity index is 734. The molecule has 6 heteroatoms. The van der Waals surface area contributed by atoms with Gasteiger partial charge in [0.05, 0.1) is 21.8 Å². The van der Waals surface area contributed by atoms with E-state index in [1.54, 1.807) is 36.4 Å². The lowest BCUT2D eigenvalue weighted by Crippen LogP contribution is -2.26. The van der Waals surface area contributed by atoms with Crippen molar-refractivity contribution in [3.8, 4) is 0 Å². The van der Waals surface area contributed by atoms with E-state index in [9.17, 15) is 9.59 Å². The molecule has 0 fully saturated rings. The number of hydrogen-bond acceptors (Lipinski definition) is 2. The molecule has 0 aliphatic rings. The molecule has 0 aromatic heterocycles. The van der Waals surface area contributed by atoms with Gasteiger partial charge in [-0.05, 0) is 59.3 Å². The van der Waals surface area contributed by atoms with Gasteiger partial charge < -0.3 is 10.6 Å². The number of halogens is 2. The molecule has 2 aromatic carbocycles. The molecule has 4 nitrogen and oxygen atoms in total. The van der Waals surface area contributed by atoms with Gasteiger partial charge in [-0.2, -0.15) is 0 Å². The molecule has 2 aromatic rings. The van der Waals surface area contributed by atoms with E-state index in [-0.39, 0.29) is 11.8 Å². The Labute approximate surface area is 153 Å². The average molecular weight is 443 g/mol. The highest BCUT2D eigenvalue weighted by Crippen LogP contribution is 2.22. The van der Waals surface area contributed by atoms with E-state index in [1.807, 2.05) is 13.0 Å². The summed E-state index contributed by atoms with van der Waals surface area (Å²) in [5, 5.41) is 5.95. The summed E-state index contributed by atoms with van der Waals surface area (Å²) in [7, 11) is 0. The molecule has 0 saturated carbocycles. The molecule has 0 heterocycles. The lowest BCUT2D eigenvalue weighted by atomic mass is 10.1. The number of carbonyl (C=O) groups is 2. The summed E-state index contributed by atoms with van der Waals surface area (Å²) in [5.74, 6) is -0.554. The largest absolute Gasteiger partial charge is 0.352 e. The fraction of sp³-hybridized carbons (Fsp3) is 0.176. The molecule has 0 unspecified atom stereocenters. The van der Waals surface area contributed by atoms with Gasteiger partial charge >= 0.3 is 0 Å². The lowest BCUT2D eigenvalue weighted by molar-refractivity contribution is 0.0954. The van der Waals surface area contributed by atoms with Crippen LogP contribution in [0.15, 0.2) is 42.5 Å². The zero-order valence-corrected chi connectivity index (χ0v) is 15.4.